The van der Waals surface area contributed by atoms with Crippen LogP contribution in [0.5, 0.6) is 0 Å². The topological polar surface area (TPSA) is 131 Å². The van der Waals surface area contributed by atoms with Crippen LogP contribution in [-0.4, -0.2) is 63.4 Å². The van der Waals surface area contributed by atoms with E-state index >= 15 is 0 Å². The van der Waals surface area contributed by atoms with Crippen LogP contribution in [0.4, 0.5) is 5.69 Å². The molecular weight excluding hydrogens is 398 g/mol. The molecule has 2 aromatic heterocycles. The molecule has 1 fully saturated rings. The number of anilines is 1. The molecule has 3 rings (SSSR count). The number of carbonyl (C=O) groups is 2. The van der Waals surface area contributed by atoms with E-state index in [-0.39, 0.29) is 23.4 Å². The van der Waals surface area contributed by atoms with E-state index in [0.717, 1.165) is 5.56 Å². The zero-order chi connectivity index (χ0) is 21.2. The summed E-state index contributed by atoms with van der Waals surface area (Å²) in [6.07, 6.45) is 6.93. The minimum Gasteiger partial charge on any atom is -0.346 e. The molecule has 0 atom stereocenters. The molecule has 1 saturated heterocycles. The molecule has 12 heteroatoms. The highest BCUT2D eigenvalue weighted by Gasteiger charge is 2.30. The summed E-state index contributed by atoms with van der Waals surface area (Å²) in [5, 5.41) is 13.7. The lowest BCUT2D eigenvalue weighted by atomic mass is 9.97. The van der Waals surface area contributed by atoms with Crippen LogP contribution in [-0.2, 0) is 35.5 Å². The summed E-state index contributed by atoms with van der Waals surface area (Å²) in [4.78, 5) is 25.2. The number of nitrogens with zero attached hydrogens (tertiary/aromatic N) is 5. The molecule has 2 aromatic rings. The summed E-state index contributed by atoms with van der Waals surface area (Å²) in [5.41, 5.74) is 1.42. The van der Waals surface area contributed by atoms with Gasteiger partial charge in [0.15, 0.2) is 0 Å². The summed E-state index contributed by atoms with van der Waals surface area (Å²) in [5.74, 6) is -0.928. The molecule has 1 aliphatic rings. The first-order valence-corrected chi connectivity index (χ1v) is 11.0. The Morgan fingerprint density at radius 1 is 1.17 bits per heavy atom. The second kappa shape index (κ2) is 8.33. The van der Waals surface area contributed by atoms with E-state index in [4.69, 9.17) is 0 Å². The summed E-state index contributed by atoms with van der Waals surface area (Å²) in [6, 6.07) is 0. The van der Waals surface area contributed by atoms with Gasteiger partial charge in [-0.15, -0.1) is 0 Å². The fourth-order valence-electron chi connectivity index (χ4n) is 3.31. The molecule has 1 aliphatic heterocycles. The average molecular weight is 423 g/mol. The molecule has 2 N–H and O–H groups in total. The van der Waals surface area contributed by atoms with E-state index in [2.05, 4.69) is 20.8 Å². The van der Waals surface area contributed by atoms with Gasteiger partial charge in [0.1, 0.15) is 5.69 Å². The van der Waals surface area contributed by atoms with Crippen molar-refractivity contribution >= 4 is 27.5 Å². The van der Waals surface area contributed by atoms with Crippen LogP contribution in [0.15, 0.2) is 18.6 Å². The van der Waals surface area contributed by atoms with Crippen LogP contribution in [0.3, 0.4) is 0 Å². The Bertz CT molecular complexity index is 1000. The van der Waals surface area contributed by atoms with Crippen molar-refractivity contribution in [2.45, 2.75) is 19.4 Å². The largest absolute Gasteiger partial charge is 0.346 e. The number of hydrogen-bond acceptors (Lipinski definition) is 6. The van der Waals surface area contributed by atoms with Crippen molar-refractivity contribution in [3.8, 4) is 0 Å². The van der Waals surface area contributed by atoms with Gasteiger partial charge in [-0.2, -0.15) is 10.2 Å². The van der Waals surface area contributed by atoms with Gasteiger partial charge in [0.05, 0.1) is 24.3 Å². The molecule has 3 heterocycles. The SMILES string of the molecule is Cn1cc(CNC(=O)c2c(NC(=O)C3CCN(S(C)(=O)=O)CC3)cnn2C)cn1. The lowest BCUT2D eigenvalue weighted by Crippen LogP contribution is -2.41. The van der Waals surface area contributed by atoms with Crippen molar-refractivity contribution in [1.82, 2.24) is 29.2 Å². The van der Waals surface area contributed by atoms with E-state index in [1.54, 1.807) is 31.2 Å². The average Bonchev–Trinajstić information content (AvgIpc) is 3.24. The second-order valence-electron chi connectivity index (χ2n) is 7.16. The Labute approximate surface area is 169 Å². The first-order chi connectivity index (χ1) is 13.6. The Morgan fingerprint density at radius 2 is 1.86 bits per heavy atom. The van der Waals surface area contributed by atoms with E-state index < -0.39 is 10.0 Å². The number of piperidine rings is 1. The lowest BCUT2D eigenvalue weighted by molar-refractivity contribution is -0.120. The van der Waals surface area contributed by atoms with Crippen molar-refractivity contribution in [3.63, 3.8) is 0 Å². The molecule has 158 valence electrons. The van der Waals surface area contributed by atoms with Crippen molar-refractivity contribution in [2.75, 3.05) is 24.7 Å². The third kappa shape index (κ3) is 5.01. The van der Waals surface area contributed by atoms with Crippen molar-refractivity contribution in [3.05, 3.63) is 29.8 Å². The van der Waals surface area contributed by atoms with Gasteiger partial charge >= 0.3 is 0 Å². The summed E-state index contributed by atoms with van der Waals surface area (Å²) in [6.45, 7) is 0.917. The molecule has 0 radical (unpaired) electrons. The zero-order valence-electron chi connectivity index (χ0n) is 16.6. The molecule has 29 heavy (non-hydrogen) atoms. The maximum Gasteiger partial charge on any atom is 0.271 e. The van der Waals surface area contributed by atoms with Gasteiger partial charge < -0.3 is 10.6 Å². The van der Waals surface area contributed by atoms with Crippen LogP contribution in [0.25, 0.3) is 0 Å². The molecule has 0 bridgehead atoms. The minimum absolute atomic E-state index is 0.243. The van der Waals surface area contributed by atoms with Gasteiger partial charge in [0.25, 0.3) is 5.91 Å². The Hall–Kier alpha value is -2.73. The predicted octanol–water partition coefficient (Wildman–Crippen LogP) is -0.306. The normalized spacial score (nSPS) is 16.0. The first-order valence-electron chi connectivity index (χ1n) is 9.19. The van der Waals surface area contributed by atoms with Crippen molar-refractivity contribution in [2.24, 2.45) is 20.0 Å². The van der Waals surface area contributed by atoms with Crippen LogP contribution in [0, 0.1) is 5.92 Å². The lowest BCUT2D eigenvalue weighted by Gasteiger charge is -2.29. The zero-order valence-corrected chi connectivity index (χ0v) is 17.4. The van der Waals surface area contributed by atoms with E-state index in [1.165, 1.54) is 21.4 Å². The van der Waals surface area contributed by atoms with Gasteiger partial charge in [-0.25, -0.2) is 12.7 Å². The van der Waals surface area contributed by atoms with Gasteiger partial charge in [-0.05, 0) is 12.8 Å². The van der Waals surface area contributed by atoms with Crippen LogP contribution in [0.2, 0.25) is 0 Å². The molecular formula is C17H25N7O4S. The summed E-state index contributed by atoms with van der Waals surface area (Å²) in [7, 11) is 0.170. The van der Waals surface area contributed by atoms with Crippen LogP contribution < -0.4 is 10.6 Å². The number of nitrogens with one attached hydrogen (secondary N) is 2. The Morgan fingerprint density at radius 3 is 2.45 bits per heavy atom. The highest BCUT2D eigenvalue weighted by molar-refractivity contribution is 7.88. The number of sulfonamides is 1. The number of carbonyl (C=O) groups excluding carboxylic acids is 2. The Balaban J connectivity index is 1.62. The standard InChI is InChI=1S/C17H25N7O4S/c1-22-11-12(9-19-22)8-18-17(26)15-14(10-20-23(15)2)21-16(25)13-4-6-24(7-5-13)29(3,27)28/h9-11,13H,4-8H2,1-3H3,(H,18,26)(H,21,25). The molecule has 0 spiro atoms. The molecule has 0 saturated carbocycles. The van der Waals surface area contributed by atoms with Gasteiger partial charge in [-0.1, -0.05) is 0 Å². The number of aryl methyl sites for hydroxylation is 2. The third-order valence-corrected chi connectivity index (χ3v) is 6.22. The summed E-state index contributed by atoms with van der Waals surface area (Å²) >= 11 is 0. The quantitative estimate of drug-likeness (QED) is 0.655. The van der Waals surface area contributed by atoms with Gasteiger partial charge in [-0.3, -0.25) is 19.0 Å². The highest BCUT2D eigenvalue weighted by Crippen LogP contribution is 2.22. The maximum atomic E-state index is 12.6. The van der Waals surface area contributed by atoms with Crippen molar-refractivity contribution in [1.29, 1.82) is 0 Å². The number of aromatic nitrogens is 4. The van der Waals surface area contributed by atoms with Crippen LogP contribution >= 0.6 is 0 Å². The fourth-order valence-corrected chi connectivity index (χ4v) is 4.19. The molecule has 0 unspecified atom stereocenters. The van der Waals surface area contributed by atoms with E-state index in [1.807, 2.05) is 0 Å². The van der Waals surface area contributed by atoms with Gasteiger partial charge in [0.2, 0.25) is 15.9 Å². The highest BCUT2D eigenvalue weighted by atomic mass is 32.2. The Kier molecular flexibility index (Phi) is 6.03. The third-order valence-electron chi connectivity index (χ3n) is 4.92. The number of rotatable bonds is 6. The molecule has 0 aromatic carbocycles. The smallest absolute Gasteiger partial charge is 0.271 e. The van der Waals surface area contributed by atoms with Crippen molar-refractivity contribution < 1.29 is 18.0 Å². The molecule has 2 amide bonds. The van der Waals surface area contributed by atoms with Gasteiger partial charge in [0, 0.05) is 51.4 Å². The monoisotopic (exact) mass is 423 g/mol. The summed E-state index contributed by atoms with van der Waals surface area (Å²) < 4.78 is 27.6. The van der Waals surface area contributed by atoms with E-state index in [0.29, 0.717) is 38.2 Å². The van der Waals surface area contributed by atoms with Crippen LogP contribution in [0.1, 0.15) is 28.9 Å². The second-order valence-corrected chi connectivity index (χ2v) is 9.14. The maximum absolute atomic E-state index is 12.6. The fraction of sp³-hybridized carbons (Fsp3) is 0.529. The molecule has 0 aliphatic carbocycles. The number of hydrogen-bond donors (Lipinski definition) is 2. The first kappa shape index (κ1) is 21.0. The van der Waals surface area contributed by atoms with E-state index in [9.17, 15) is 18.0 Å². The molecule has 11 nitrogen and oxygen atoms in total. The predicted molar refractivity (Wildman–Crippen MR) is 105 cm³/mol. The minimum atomic E-state index is -3.25. The number of amides is 2.